The summed E-state index contributed by atoms with van der Waals surface area (Å²) in [5, 5.41) is 8.90. The number of halogens is 1. The lowest BCUT2D eigenvalue weighted by atomic mass is 10.2. The van der Waals surface area contributed by atoms with Crippen LogP contribution in [0.1, 0.15) is 16.1 Å². The molecule has 0 aliphatic rings. The van der Waals surface area contributed by atoms with Crippen LogP contribution in [0.15, 0.2) is 41.0 Å². The van der Waals surface area contributed by atoms with E-state index in [1.54, 1.807) is 24.4 Å². The standard InChI is InChI=1S/C13H10BrNO3/c1-8-2-3-10(7-15-8)18-9-4-5-11(13(16)17)12(14)6-9/h2-7H,1H3,(H,16,17). The quantitative estimate of drug-likeness (QED) is 0.940. The van der Waals surface area contributed by atoms with Gasteiger partial charge in [-0.2, -0.15) is 0 Å². The maximum absolute atomic E-state index is 10.8. The third-order valence-corrected chi connectivity index (χ3v) is 2.95. The number of ether oxygens (including phenoxy) is 1. The highest BCUT2D eigenvalue weighted by Gasteiger charge is 2.09. The van der Waals surface area contributed by atoms with Crippen LogP contribution in [0, 0.1) is 6.92 Å². The summed E-state index contributed by atoms with van der Waals surface area (Å²) in [6.07, 6.45) is 1.62. The van der Waals surface area contributed by atoms with Gasteiger partial charge in [-0.1, -0.05) is 0 Å². The second kappa shape index (κ2) is 5.18. The SMILES string of the molecule is Cc1ccc(Oc2ccc(C(=O)O)c(Br)c2)cn1. The maximum Gasteiger partial charge on any atom is 0.336 e. The molecule has 1 heterocycles. The number of benzene rings is 1. The van der Waals surface area contributed by atoms with E-state index in [4.69, 9.17) is 9.84 Å². The number of rotatable bonds is 3. The van der Waals surface area contributed by atoms with Gasteiger partial charge in [0.25, 0.3) is 0 Å². The third kappa shape index (κ3) is 2.87. The second-order valence-corrected chi connectivity index (χ2v) is 4.54. The molecule has 18 heavy (non-hydrogen) atoms. The zero-order valence-corrected chi connectivity index (χ0v) is 11.1. The van der Waals surface area contributed by atoms with E-state index in [1.807, 2.05) is 13.0 Å². The first kappa shape index (κ1) is 12.6. The average molecular weight is 308 g/mol. The predicted molar refractivity (Wildman–Crippen MR) is 70.1 cm³/mol. The lowest BCUT2D eigenvalue weighted by molar-refractivity contribution is 0.0696. The third-order valence-electron chi connectivity index (χ3n) is 2.29. The van der Waals surface area contributed by atoms with Crippen LogP contribution in [0.2, 0.25) is 0 Å². The first-order valence-electron chi connectivity index (χ1n) is 5.19. The minimum Gasteiger partial charge on any atom is -0.478 e. The van der Waals surface area contributed by atoms with Crippen molar-refractivity contribution in [3.8, 4) is 11.5 Å². The summed E-state index contributed by atoms with van der Waals surface area (Å²) in [6, 6.07) is 8.36. The van der Waals surface area contributed by atoms with Crippen molar-refractivity contribution in [1.82, 2.24) is 4.98 Å². The maximum atomic E-state index is 10.8. The number of aromatic nitrogens is 1. The number of nitrogens with zero attached hydrogens (tertiary/aromatic N) is 1. The van der Waals surface area contributed by atoms with Crippen LogP contribution in [-0.2, 0) is 0 Å². The molecule has 2 rings (SSSR count). The molecule has 0 aliphatic carbocycles. The van der Waals surface area contributed by atoms with Crippen molar-refractivity contribution >= 4 is 21.9 Å². The topological polar surface area (TPSA) is 59.4 Å². The molecule has 5 heteroatoms. The van der Waals surface area contributed by atoms with Crippen LogP contribution in [0.3, 0.4) is 0 Å². The van der Waals surface area contributed by atoms with Crippen molar-refractivity contribution in [3.63, 3.8) is 0 Å². The van der Waals surface area contributed by atoms with Gasteiger partial charge >= 0.3 is 5.97 Å². The van der Waals surface area contributed by atoms with Crippen molar-refractivity contribution in [2.75, 3.05) is 0 Å². The van der Waals surface area contributed by atoms with Crippen LogP contribution in [0.25, 0.3) is 0 Å². The summed E-state index contributed by atoms with van der Waals surface area (Å²) in [7, 11) is 0. The van der Waals surface area contributed by atoms with Crippen molar-refractivity contribution in [3.05, 3.63) is 52.3 Å². The molecule has 0 atom stereocenters. The fraction of sp³-hybridized carbons (Fsp3) is 0.0769. The Morgan fingerprint density at radius 2 is 2.00 bits per heavy atom. The first-order valence-corrected chi connectivity index (χ1v) is 5.99. The molecule has 0 unspecified atom stereocenters. The van der Waals surface area contributed by atoms with Gasteiger partial charge in [0, 0.05) is 10.2 Å². The summed E-state index contributed by atoms with van der Waals surface area (Å²) < 4.78 is 6.04. The summed E-state index contributed by atoms with van der Waals surface area (Å²) in [5.74, 6) is 0.179. The molecule has 0 amide bonds. The molecule has 2 aromatic rings. The lowest BCUT2D eigenvalue weighted by Gasteiger charge is -2.07. The van der Waals surface area contributed by atoms with Crippen molar-refractivity contribution in [2.45, 2.75) is 6.92 Å². The number of carboxylic acid groups (broad SMARTS) is 1. The highest BCUT2D eigenvalue weighted by Crippen LogP contribution is 2.26. The fourth-order valence-electron chi connectivity index (χ4n) is 1.38. The highest BCUT2D eigenvalue weighted by atomic mass is 79.9. The van der Waals surface area contributed by atoms with Gasteiger partial charge < -0.3 is 9.84 Å². The average Bonchev–Trinajstić information content (AvgIpc) is 2.32. The van der Waals surface area contributed by atoms with Gasteiger partial charge in [0.2, 0.25) is 0 Å². The van der Waals surface area contributed by atoms with Gasteiger partial charge in [-0.05, 0) is 53.2 Å². The molecule has 1 aromatic heterocycles. The van der Waals surface area contributed by atoms with Gasteiger partial charge in [0.15, 0.2) is 0 Å². The number of aromatic carboxylic acids is 1. The molecular formula is C13H10BrNO3. The van der Waals surface area contributed by atoms with Crippen LogP contribution < -0.4 is 4.74 Å². The van der Waals surface area contributed by atoms with Gasteiger partial charge in [-0.3, -0.25) is 4.98 Å². The Bertz CT molecular complexity index is 581. The monoisotopic (exact) mass is 307 g/mol. The minimum atomic E-state index is -0.981. The number of pyridine rings is 1. The molecule has 1 N–H and O–H groups in total. The number of hydrogen-bond acceptors (Lipinski definition) is 3. The zero-order chi connectivity index (χ0) is 13.1. The lowest BCUT2D eigenvalue weighted by Crippen LogP contribution is -1.97. The molecule has 0 radical (unpaired) electrons. The van der Waals surface area contributed by atoms with Crippen molar-refractivity contribution in [2.24, 2.45) is 0 Å². The summed E-state index contributed by atoms with van der Waals surface area (Å²) in [4.78, 5) is 15.0. The molecule has 0 aliphatic heterocycles. The van der Waals surface area contributed by atoms with Crippen LogP contribution >= 0.6 is 15.9 Å². The van der Waals surface area contributed by atoms with E-state index >= 15 is 0 Å². The number of aryl methyl sites for hydroxylation is 1. The number of hydrogen-bond donors (Lipinski definition) is 1. The van der Waals surface area contributed by atoms with E-state index in [0.29, 0.717) is 16.0 Å². The molecule has 0 saturated heterocycles. The Hall–Kier alpha value is -1.88. The van der Waals surface area contributed by atoms with Gasteiger partial charge in [0.05, 0.1) is 11.8 Å². The number of carbonyl (C=O) groups is 1. The Labute approximate surface area is 112 Å². The van der Waals surface area contributed by atoms with E-state index in [0.717, 1.165) is 5.69 Å². The minimum absolute atomic E-state index is 0.199. The van der Waals surface area contributed by atoms with Crippen molar-refractivity contribution < 1.29 is 14.6 Å². The Morgan fingerprint density at radius 3 is 2.56 bits per heavy atom. The van der Waals surface area contributed by atoms with Crippen LogP contribution in [0.5, 0.6) is 11.5 Å². The summed E-state index contributed by atoms with van der Waals surface area (Å²) >= 11 is 3.20. The Morgan fingerprint density at radius 1 is 1.28 bits per heavy atom. The van der Waals surface area contributed by atoms with E-state index in [2.05, 4.69) is 20.9 Å². The van der Waals surface area contributed by atoms with E-state index in [9.17, 15) is 4.79 Å². The Balaban J connectivity index is 2.22. The zero-order valence-electron chi connectivity index (χ0n) is 9.55. The molecule has 0 fully saturated rings. The van der Waals surface area contributed by atoms with Gasteiger partial charge in [-0.25, -0.2) is 4.79 Å². The van der Waals surface area contributed by atoms with Gasteiger partial charge in [-0.15, -0.1) is 0 Å². The molecule has 0 bridgehead atoms. The fourth-order valence-corrected chi connectivity index (χ4v) is 1.91. The van der Waals surface area contributed by atoms with E-state index in [-0.39, 0.29) is 5.56 Å². The number of carboxylic acids is 1. The first-order chi connectivity index (χ1) is 8.56. The molecular weight excluding hydrogens is 298 g/mol. The smallest absolute Gasteiger partial charge is 0.336 e. The van der Waals surface area contributed by atoms with Gasteiger partial charge in [0.1, 0.15) is 11.5 Å². The van der Waals surface area contributed by atoms with Crippen LogP contribution in [-0.4, -0.2) is 16.1 Å². The highest BCUT2D eigenvalue weighted by molar-refractivity contribution is 9.10. The van der Waals surface area contributed by atoms with Crippen molar-refractivity contribution in [1.29, 1.82) is 0 Å². The Kier molecular flexibility index (Phi) is 3.62. The van der Waals surface area contributed by atoms with Crippen LogP contribution in [0.4, 0.5) is 0 Å². The van der Waals surface area contributed by atoms with E-state index in [1.165, 1.54) is 6.07 Å². The van der Waals surface area contributed by atoms with E-state index < -0.39 is 5.97 Å². The molecule has 1 aromatic carbocycles. The largest absolute Gasteiger partial charge is 0.478 e. The second-order valence-electron chi connectivity index (χ2n) is 3.68. The predicted octanol–water partition coefficient (Wildman–Crippen LogP) is 3.64. The molecule has 0 saturated carbocycles. The summed E-state index contributed by atoms with van der Waals surface area (Å²) in [5.41, 5.74) is 1.11. The molecule has 92 valence electrons. The normalized spacial score (nSPS) is 10.1. The summed E-state index contributed by atoms with van der Waals surface area (Å²) in [6.45, 7) is 1.89. The molecule has 4 nitrogen and oxygen atoms in total. The molecule has 0 spiro atoms.